The summed E-state index contributed by atoms with van der Waals surface area (Å²) in [6.45, 7) is 4.11. The Hall–Kier alpha value is -1.15. The minimum atomic E-state index is -3.52. The van der Waals surface area contributed by atoms with E-state index in [9.17, 15) is 23.1 Å². The zero-order valence-corrected chi connectivity index (χ0v) is 15.3. The molecule has 0 aromatic rings. The van der Waals surface area contributed by atoms with E-state index in [1.807, 2.05) is 6.92 Å². The molecule has 3 atom stereocenters. The number of carbonyl (C=O) groups is 2. The normalized spacial score (nSPS) is 29.4. The molecule has 0 spiro atoms. The minimum absolute atomic E-state index is 0.00520. The van der Waals surface area contributed by atoms with Crippen LogP contribution in [0.2, 0.25) is 0 Å². The van der Waals surface area contributed by atoms with Gasteiger partial charge in [-0.05, 0) is 45.4 Å². The van der Waals surface area contributed by atoms with E-state index in [0.29, 0.717) is 25.8 Å². The molecular weight excluding hydrogens is 332 g/mol. The molecule has 0 saturated carbocycles. The van der Waals surface area contributed by atoms with E-state index in [0.717, 1.165) is 19.3 Å². The summed E-state index contributed by atoms with van der Waals surface area (Å²) in [5.74, 6) is -1.59. The monoisotopic (exact) mass is 360 g/mol. The fraction of sp³-hybridized carbons (Fsp3) is 0.875. The van der Waals surface area contributed by atoms with Crippen molar-refractivity contribution in [2.24, 2.45) is 5.92 Å². The van der Waals surface area contributed by atoms with Gasteiger partial charge in [-0.3, -0.25) is 9.59 Å². The summed E-state index contributed by atoms with van der Waals surface area (Å²) < 4.78 is 26.8. The SMILES string of the molecule is CC(=O)N1CCCCC1CCS(=O)(=O)N1CC(C(=O)O)CCC1C. The quantitative estimate of drug-likeness (QED) is 0.797. The average molecular weight is 360 g/mol. The van der Waals surface area contributed by atoms with Gasteiger partial charge in [0.05, 0.1) is 11.7 Å². The van der Waals surface area contributed by atoms with Gasteiger partial charge in [0, 0.05) is 32.1 Å². The molecule has 2 heterocycles. The molecule has 24 heavy (non-hydrogen) atoms. The molecule has 8 heteroatoms. The number of aliphatic carboxylic acids is 1. The summed E-state index contributed by atoms with van der Waals surface area (Å²) in [5.41, 5.74) is 0. The molecule has 0 bridgehead atoms. The van der Waals surface area contributed by atoms with Crippen LogP contribution in [0.15, 0.2) is 0 Å². The first-order valence-corrected chi connectivity index (χ1v) is 10.3. The third-order valence-corrected chi connectivity index (χ3v) is 7.25. The zero-order chi connectivity index (χ0) is 17.9. The summed E-state index contributed by atoms with van der Waals surface area (Å²) >= 11 is 0. The molecule has 0 aromatic heterocycles. The molecule has 1 N–H and O–H groups in total. The molecule has 2 saturated heterocycles. The molecule has 7 nitrogen and oxygen atoms in total. The molecule has 2 aliphatic rings. The van der Waals surface area contributed by atoms with E-state index in [1.165, 1.54) is 11.2 Å². The Morgan fingerprint density at radius 2 is 1.88 bits per heavy atom. The van der Waals surface area contributed by atoms with Gasteiger partial charge >= 0.3 is 5.97 Å². The van der Waals surface area contributed by atoms with Crippen molar-refractivity contribution in [3.63, 3.8) is 0 Å². The van der Waals surface area contributed by atoms with Crippen LogP contribution in [0.25, 0.3) is 0 Å². The molecule has 0 aromatic carbocycles. The van der Waals surface area contributed by atoms with Crippen molar-refractivity contribution in [3.8, 4) is 0 Å². The Bertz CT molecular complexity index is 577. The topological polar surface area (TPSA) is 95.0 Å². The molecule has 2 rings (SSSR count). The van der Waals surface area contributed by atoms with Crippen LogP contribution in [0.1, 0.15) is 52.4 Å². The second-order valence-corrected chi connectivity index (χ2v) is 9.04. The number of likely N-dealkylation sites (tertiary alicyclic amines) is 1. The first-order valence-electron chi connectivity index (χ1n) is 8.72. The number of piperidine rings is 2. The Labute approximate surface area is 144 Å². The number of amides is 1. The first-order chi connectivity index (χ1) is 11.2. The Morgan fingerprint density at radius 3 is 2.50 bits per heavy atom. The third-order valence-electron chi connectivity index (χ3n) is 5.27. The second-order valence-electron chi connectivity index (χ2n) is 7.00. The number of carbonyl (C=O) groups excluding carboxylic acids is 1. The summed E-state index contributed by atoms with van der Waals surface area (Å²) in [4.78, 5) is 24.7. The second kappa shape index (κ2) is 7.82. The molecule has 1 amide bonds. The van der Waals surface area contributed by atoms with Crippen molar-refractivity contribution in [2.75, 3.05) is 18.8 Å². The van der Waals surface area contributed by atoms with Gasteiger partial charge in [0.1, 0.15) is 0 Å². The van der Waals surface area contributed by atoms with Crippen LogP contribution < -0.4 is 0 Å². The van der Waals surface area contributed by atoms with Gasteiger partial charge in [-0.25, -0.2) is 8.42 Å². The number of hydrogen-bond donors (Lipinski definition) is 1. The standard InChI is InChI=1S/C16H28N2O5S/c1-12-6-7-14(16(20)21)11-18(12)24(22,23)10-8-15-5-3-4-9-17(15)13(2)19/h12,14-15H,3-11H2,1-2H3,(H,20,21). The highest BCUT2D eigenvalue weighted by atomic mass is 32.2. The zero-order valence-electron chi connectivity index (χ0n) is 14.5. The maximum absolute atomic E-state index is 12.7. The number of carboxylic acids is 1. The van der Waals surface area contributed by atoms with E-state index >= 15 is 0 Å². The van der Waals surface area contributed by atoms with E-state index < -0.39 is 21.9 Å². The number of sulfonamides is 1. The van der Waals surface area contributed by atoms with Crippen LogP contribution in [-0.2, 0) is 19.6 Å². The van der Waals surface area contributed by atoms with Crippen molar-refractivity contribution in [2.45, 2.75) is 64.5 Å². The van der Waals surface area contributed by atoms with Crippen LogP contribution in [0, 0.1) is 5.92 Å². The van der Waals surface area contributed by atoms with Crippen molar-refractivity contribution < 1.29 is 23.1 Å². The Balaban J connectivity index is 2.01. The smallest absolute Gasteiger partial charge is 0.307 e. The van der Waals surface area contributed by atoms with Gasteiger partial charge in [0.15, 0.2) is 0 Å². The molecule has 3 unspecified atom stereocenters. The highest BCUT2D eigenvalue weighted by molar-refractivity contribution is 7.89. The Kier molecular flexibility index (Phi) is 6.25. The fourth-order valence-electron chi connectivity index (χ4n) is 3.78. The molecule has 2 fully saturated rings. The number of hydrogen-bond acceptors (Lipinski definition) is 4. The molecule has 0 radical (unpaired) electrons. The number of rotatable bonds is 5. The lowest BCUT2D eigenvalue weighted by Gasteiger charge is -2.37. The van der Waals surface area contributed by atoms with Gasteiger partial charge in [-0.2, -0.15) is 4.31 Å². The predicted molar refractivity (Wildman–Crippen MR) is 90.0 cm³/mol. The molecule has 138 valence electrons. The largest absolute Gasteiger partial charge is 0.481 e. The summed E-state index contributed by atoms with van der Waals surface area (Å²) in [6, 6.07) is -0.192. The van der Waals surface area contributed by atoms with Gasteiger partial charge in [-0.15, -0.1) is 0 Å². The van der Waals surface area contributed by atoms with Crippen LogP contribution in [0.4, 0.5) is 0 Å². The van der Waals surface area contributed by atoms with Crippen molar-refractivity contribution in [3.05, 3.63) is 0 Å². The average Bonchev–Trinajstić information content (AvgIpc) is 2.53. The molecule has 0 aliphatic carbocycles. The van der Waals surface area contributed by atoms with Crippen LogP contribution in [0.5, 0.6) is 0 Å². The van der Waals surface area contributed by atoms with E-state index in [2.05, 4.69) is 0 Å². The highest BCUT2D eigenvalue weighted by Gasteiger charge is 2.37. The van der Waals surface area contributed by atoms with E-state index in [1.54, 1.807) is 4.90 Å². The van der Waals surface area contributed by atoms with Gasteiger partial charge < -0.3 is 10.0 Å². The minimum Gasteiger partial charge on any atom is -0.481 e. The van der Waals surface area contributed by atoms with E-state index in [-0.39, 0.29) is 30.3 Å². The van der Waals surface area contributed by atoms with Crippen LogP contribution in [-0.4, -0.2) is 65.5 Å². The number of carboxylic acid groups (broad SMARTS) is 1. The van der Waals surface area contributed by atoms with Gasteiger partial charge in [0.2, 0.25) is 15.9 Å². The lowest BCUT2D eigenvalue weighted by Crippen LogP contribution is -2.49. The van der Waals surface area contributed by atoms with Crippen LogP contribution in [0.3, 0.4) is 0 Å². The molecule has 2 aliphatic heterocycles. The fourth-order valence-corrected chi connectivity index (χ4v) is 5.65. The van der Waals surface area contributed by atoms with Gasteiger partial charge in [-0.1, -0.05) is 0 Å². The van der Waals surface area contributed by atoms with Crippen molar-refractivity contribution in [1.29, 1.82) is 0 Å². The maximum atomic E-state index is 12.7. The van der Waals surface area contributed by atoms with E-state index in [4.69, 9.17) is 0 Å². The van der Waals surface area contributed by atoms with Crippen molar-refractivity contribution in [1.82, 2.24) is 9.21 Å². The first kappa shape index (κ1) is 19.2. The maximum Gasteiger partial charge on any atom is 0.307 e. The van der Waals surface area contributed by atoms with Crippen molar-refractivity contribution >= 4 is 21.9 Å². The summed E-state index contributed by atoms with van der Waals surface area (Å²) in [6.07, 6.45) is 4.32. The highest BCUT2D eigenvalue weighted by Crippen LogP contribution is 2.27. The molecular formula is C16H28N2O5S. The summed E-state index contributed by atoms with van der Waals surface area (Å²) in [5, 5.41) is 9.17. The summed E-state index contributed by atoms with van der Waals surface area (Å²) in [7, 11) is -3.52. The lowest BCUT2D eigenvalue weighted by molar-refractivity contribution is -0.143. The van der Waals surface area contributed by atoms with Crippen LogP contribution >= 0.6 is 0 Å². The predicted octanol–water partition coefficient (Wildman–Crippen LogP) is 1.29. The lowest BCUT2D eigenvalue weighted by atomic mass is 9.96. The Morgan fingerprint density at radius 1 is 1.17 bits per heavy atom. The third kappa shape index (κ3) is 4.47. The number of nitrogens with zero attached hydrogens (tertiary/aromatic N) is 2. The van der Waals surface area contributed by atoms with Gasteiger partial charge in [0.25, 0.3) is 0 Å².